The number of hydrogen-bond acceptors (Lipinski definition) is 9. The summed E-state index contributed by atoms with van der Waals surface area (Å²) in [5.41, 5.74) is 1.63. The van der Waals surface area contributed by atoms with Crippen LogP contribution in [0.15, 0.2) is 66.7 Å². The highest BCUT2D eigenvalue weighted by molar-refractivity contribution is 6.31. The van der Waals surface area contributed by atoms with Gasteiger partial charge < -0.3 is 35.6 Å². The average Bonchev–Trinajstić information content (AvgIpc) is 3.65. The molecule has 2 saturated heterocycles. The zero-order valence-electron chi connectivity index (χ0n) is 38.9. The molecule has 65 heavy (non-hydrogen) atoms. The summed E-state index contributed by atoms with van der Waals surface area (Å²) < 4.78 is 6.37. The first kappa shape index (κ1) is 49.7. The minimum atomic E-state index is -0.897. The first-order chi connectivity index (χ1) is 30.6. The summed E-state index contributed by atoms with van der Waals surface area (Å²) in [5.74, 6) is -0.550. The lowest BCUT2D eigenvalue weighted by Gasteiger charge is -2.63. The van der Waals surface area contributed by atoms with Crippen LogP contribution in [0.2, 0.25) is 10.0 Å². The summed E-state index contributed by atoms with van der Waals surface area (Å²) in [6.07, 6.45) is 0.880. The average molecular weight is 931 g/mol. The van der Waals surface area contributed by atoms with E-state index in [0.717, 1.165) is 43.6 Å². The smallest absolute Gasteiger partial charge is 0.251 e. The third-order valence-electron chi connectivity index (χ3n) is 13.4. The molecular formula is C50H65Cl2N7O6. The van der Waals surface area contributed by atoms with Gasteiger partial charge in [0.15, 0.2) is 0 Å². The van der Waals surface area contributed by atoms with Gasteiger partial charge in [-0.2, -0.15) is 5.26 Å². The van der Waals surface area contributed by atoms with Crippen molar-refractivity contribution in [2.24, 2.45) is 16.2 Å². The van der Waals surface area contributed by atoms with Crippen molar-refractivity contribution in [2.75, 3.05) is 45.8 Å². The van der Waals surface area contributed by atoms with Crippen molar-refractivity contribution in [3.8, 4) is 11.8 Å². The molecule has 0 spiro atoms. The van der Waals surface area contributed by atoms with E-state index in [1.165, 1.54) is 4.90 Å². The van der Waals surface area contributed by atoms with E-state index in [4.69, 9.17) is 27.9 Å². The molecule has 350 valence electrons. The van der Waals surface area contributed by atoms with Crippen LogP contribution in [0.5, 0.6) is 5.75 Å². The van der Waals surface area contributed by atoms with Crippen LogP contribution in [0.4, 0.5) is 0 Å². The van der Waals surface area contributed by atoms with E-state index in [-0.39, 0.29) is 72.2 Å². The summed E-state index contributed by atoms with van der Waals surface area (Å²) in [6, 6.07) is 19.9. The number of piperazine rings is 1. The number of nitrogens with zero attached hydrogens (tertiary/aromatic N) is 4. The largest absolute Gasteiger partial charge is 0.489 e. The number of carbonyl (C=O) groups is 4. The quantitative estimate of drug-likeness (QED) is 0.135. The molecule has 0 aromatic heterocycles. The number of amides is 4. The number of aliphatic hydroxyl groups excluding tert-OH is 1. The summed E-state index contributed by atoms with van der Waals surface area (Å²) in [5, 5.41) is 30.0. The van der Waals surface area contributed by atoms with E-state index < -0.39 is 23.6 Å². The Morgan fingerprint density at radius 1 is 0.908 bits per heavy atom. The number of likely N-dealkylation sites (tertiary alicyclic amines) is 1. The molecule has 3 fully saturated rings. The second kappa shape index (κ2) is 20.4. The number of halogens is 2. The van der Waals surface area contributed by atoms with E-state index in [1.54, 1.807) is 30.3 Å². The van der Waals surface area contributed by atoms with Crippen LogP contribution >= 0.6 is 23.2 Å². The molecule has 3 aromatic carbocycles. The Labute approximate surface area is 394 Å². The Kier molecular flexibility index (Phi) is 15.6. The predicted molar refractivity (Wildman–Crippen MR) is 253 cm³/mol. The fraction of sp³-hybridized carbons (Fsp3) is 0.540. The molecule has 1 aliphatic carbocycles. The van der Waals surface area contributed by atoms with Crippen molar-refractivity contribution in [3.63, 3.8) is 0 Å². The fourth-order valence-electron chi connectivity index (χ4n) is 9.99. The van der Waals surface area contributed by atoms with Crippen molar-refractivity contribution >= 4 is 46.8 Å². The maximum Gasteiger partial charge on any atom is 0.251 e. The van der Waals surface area contributed by atoms with Gasteiger partial charge in [0.25, 0.3) is 5.91 Å². The van der Waals surface area contributed by atoms with Gasteiger partial charge in [-0.1, -0.05) is 95.9 Å². The van der Waals surface area contributed by atoms with E-state index in [9.17, 15) is 29.5 Å². The van der Waals surface area contributed by atoms with E-state index >= 15 is 0 Å². The Bertz CT molecular complexity index is 2220. The van der Waals surface area contributed by atoms with Crippen molar-refractivity contribution < 1.29 is 29.0 Å². The minimum absolute atomic E-state index is 0.00899. The molecule has 2 heterocycles. The number of hydrogen-bond donors (Lipinski definition) is 4. The predicted octanol–water partition coefficient (Wildman–Crippen LogP) is 6.40. The Morgan fingerprint density at radius 2 is 1.54 bits per heavy atom. The summed E-state index contributed by atoms with van der Waals surface area (Å²) >= 11 is 12.3. The topological polar surface area (TPSA) is 167 Å². The van der Waals surface area contributed by atoms with Gasteiger partial charge in [0, 0.05) is 72.7 Å². The minimum Gasteiger partial charge on any atom is -0.489 e. The Hall–Kier alpha value is -4.71. The highest BCUT2D eigenvalue weighted by Crippen LogP contribution is 2.55. The normalized spacial score (nSPS) is 22.8. The molecule has 3 aromatic rings. The summed E-state index contributed by atoms with van der Waals surface area (Å²) in [6.45, 7) is 19.9. The van der Waals surface area contributed by atoms with Crippen LogP contribution < -0.4 is 20.7 Å². The highest BCUT2D eigenvalue weighted by Gasteiger charge is 2.64. The van der Waals surface area contributed by atoms with Gasteiger partial charge in [-0.05, 0) is 79.3 Å². The number of carbonyl (C=O) groups excluding carboxylic acids is 4. The fourth-order valence-corrected chi connectivity index (χ4v) is 10.3. The molecular weight excluding hydrogens is 865 g/mol. The van der Waals surface area contributed by atoms with Crippen molar-refractivity contribution in [3.05, 3.63) is 99.0 Å². The van der Waals surface area contributed by atoms with Gasteiger partial charge in [0.2, 0.25) is 17.7 Å². The van der Waals surface area contributed by atoms with Crippen LogP contribution in [-0.2, 0) is 20.8 Å². The van der Waals surface area contributed by atoms with Crippen molar-refractivity contribution in [1.82, 2.24) is 30.7 Å². The Balaban J connectivity index is 0.923. The number of ether oxygens (including phenoxy) is 1. The monoisotopic (exact) mass is 929 g/mol. The molecule has 4 N–H and O–H groups in total. The lowest BCUT2D eigenvalue weighted by Crippen LogP contribution is -2.74. The number of aliphatic hydroxyl groups is 1. The molecule has 15 heteroatoms. The highest BCUT2D eigenvalue weighted by atomic mass is 35.5. The third kappa shape index (κ3) is 11.8. The number of nitriles is 1. The van der Waals surface area contributed by atoms with E-state index in [1.807, 2.05) is 64.1 Å². The number of β-amino-alcohol motifs (C(OH)–C–C–N with tert-alkyl or cyclic N) is 1. The molecule has 1 unspecified atom stereocenters. The third-order valence-corrected chi connectivity index (χ3v) is 14.0. The second-order valence-corrected chi connectivity index (χ2v) is 21.1. The van der Waals surface area contributed by atoms with Crippen molar-refractivity contribution in [2.45, 2.75) is 111 Å². The molecule has 4 atom stereocenters. The zero-order chi connectivity index (χ0) is 47.4. The van der Waals surface area contributed by atoms with Gasteiger partial charge >= 0.3 is 0 Å². The van der Waals surface area contributed by atoms with Crippen LogP contribution in [0, 0.1) is 27.6 Å². The van der Waals surface area contributed by atoms with Crippen LogP contribution in [-0.4, -0.2) is 120 Å². The maximum atomic E-state index is 14.1. The van der Waals surface area contributed by atoms with Gasteiger partial charge in [-0.25, -0.2) is 0 Å². The standard InChI is InChI=1S/C50H65Cl2N7O6/c1-31(33-15-18-36(51)19-16-33)54-44(63)40-26-37(60)29-59(40)45(64)42(48(2,3)4)55-41(61)30-58-24-22-57(23-25-58)21-9-10-32-11-13-34(14-12-32)43(62)56-46-49(5,6)47(50(46,7)8)65-38-20-17-35(28-53)39(52)27-38/h11-20,27,31,37,40,42,46-47,60H,9-10,21-26,29-30H2,1-8H3,(H,54,63)(H,55,61)(H,56,62)/t31-,37+,40-,42?,46?,47?/m0/s1. The van der Waals surface area contributed by atoms with Gasteiger partial charge in [-0.3, -0.25) is 24.1 Å². The van der Waals surface area contributed by atoms with Gasteiger partial charge in [-0.15, -0.1) is 0 Å². The lowest BCUT2D eigenvalue weighted by molar-refractivity contribution is -0.164. The maximum absolute atomic E-state index is 14.1. The molecule has 6 rings (SSSR count). The molecule has 13 nitrogen and oxygen atoms in total. The lowest BCUT2D eigenvalue weighted by atomic mass is 9.49. The van der Waals surface area contributed by atoms with Crippen molar-refractivity contribution in [1.29, 1.82) is 5.26 Å². The molecule has 1 saturated carbocycles. The zero-order valence-corrected chi connectivity index (χ0v) is 40.4. The number of benzene rings is 3. The molecule has 4 amide bonds. The number of aryl methyl sites for hydroxylation is 1. The second-order valence-electron chi connectivity index (χ2n) is 20.3. The SMILES string of the molecule is C[C@H](NC(=O)[C@@H]1C[C@@H](O)CN1C(=O)C(NC(=O)CN1CCN(CCCc2ccc(C(=O)NC3C(C)(C)C(Oc4ccc(C#N)c(Cl)c4)C3(C)C)cc2)CC1)C(C)(C)C)c1ccc(Cl)cc1. The summed E-state index contributed by atoms with van der Waals surface area (Å²) in [4.78, 5) is 60.4. The Morgan fingerprint density at radius 3 is 2.14 bits per heavy atom. The van der Waals surface area contributed by atoms with E-state index in [2.05, 4.69) is 59.5 Å². The first-order valence-corrected chi connectivity index (χ1v) is 23.4. The number of rotatable bonds is 15. The molecule has 2 aliphatic heterocycles. The van der Waals surface area contributed by atoms with Gasteiger partial charge in [0.05, 0.1) is 29.3 Å². The number of nitrogens with one attached hydrogen (secondary N) is 3. The van der Waals surface area contributed by atoms with E-state index in [0.29, 0.717) is 40.0 Å². The van der Waals surface area contributed by atoms with Crippen LogP contribution in [0.1, 0.15) is 101 Å². The van der Waals surface area contributed by atoms with Crippen LogP contribution in [0.3, 0.4) is 0 Å². The van der Waals surface area contributed by atoms with Gasteiger partial charge in [0.1, 0.15) is 30.0 Å². The van der Waals surface area contributed by atoms with Crippen LogP contribution in [0.25, 0.3) is 0 Å². The molecule has 3 aliphatic rings. The first-order valence-electron chi connectivity index (χ1n) is 22.6. The molecule has 0 radical (unpaired) electrons. The molecule has 0 bridgehead atoms. The summed E-state index contributed by atoms with van der Waals surface area (Å²) in [7, 11) is 0.